The number of piperazine rings is 2. The standard InChI is InChI=1S/C54H62N8O10S/c1-35(2)39-9-5-7-11-41(39)49-37(15-19-47(63)59-23-21-55-43(33-59)53(65)57-25-29-71-30-26-57)13-17-45(51(49)61(67)68)73-46-18-14-38(50(52(46)62(69)70)42-12-8-6-10-40(42)36(3)4)16-20-48(64)60-24-22-56-44(34-60)54(66)58-27-31-72-32-28-58/h5-20,35-36,43-44,55-56H,21-34H2,1-4H3/b19-15+,20-16+. The predicted octanol–water partition coefficient (Wildman–Crippen LogP) is 6.58. The number of nitro groups is 2. The number of nitrogens with zero attached hydrogens (tertiary/aromatic N) is 6. The maximum absolute atomic E-state index is 13.9. The molecule has 0 saturated carbocycles. The van der Waals surface area contributed by atoms with Gasteiger partial charge in [0, 0.05) is 77.6 Å². The number of rotatable bonds is 14. The third kappa shape index (κ3) is 12.0. The van der Waals surface area contributed by atoms with Gasteiger partial charge >= 0.3 is 0 Å². The highest BCUT2D eigenvalue weighted by Gasteiger charge is 2.35. The van der Waals surface area contributed by atoms with E-state index in [9.17, 15) is 39.4 Å². The Morgan fingerprint density at radius 3 is 1.33 bits per heavy atom. The van der Waals surface area contributed by atoms with Gasteiger partial charge in [0.1, 0.15) is 12.1 Å². The minimum absolute atomic E-state index is 0.0601. The molecule has 2 unspecified atom stereocenters. The van der Waals surface area contributed by atoms with Crippen LogP contribution in [0.3, 0.4) is 0 Å². The second-order valence-electron chi connectivity index (χ2n) is 19.0. The highest BCUT2D eigenvalue weighted by molar-refractivity contribution is 7.99. The van der Waals surface area contributed by atoms with Gasteiger partial charge in [0.05, 0.1) is 57.2 Å². The average Bonchev–Trinajstić information content (AvgIpc) is 3.41. The third-order valence-electron chi connectivity index (χ3n) is 13.7. The normalized spacial score (nSPS) is 18.8. The van der Waals surface area contributed by atoms with Gasteiger partial charge in [0.2, 0.25) is 23.6 Å². The molecule has 0 bridgehead atoms. The van der Waals surface area contributed by atoms with Crippen molar-refractivity contribution in [3.63, 3.8) is 0 Å². The summed E-state index contributed by atoms with van der Waals surface area (Å²) in [6, 6.07) is 20.0. The number of morpholine rings is 2. The van der Waals surface area contributed by atoms with Crippen molar-refractivity contribution in [1.29, 1.82) is 0 Å². The van der Waals surface area contributed by atoms with E-state index in [4.69, 9.17) is 9.47 Å². The average molecular weight is 1020 g/mol. The summed E-state index contributed by atoms with van der Waals surface area (Å²) in [6.07, 6.45) is 5.87. The quantitative estimate of drug-likeness (QED) is 0.0778. The molecule has 4 aromatic rings. The number of nitrogens with one attached hydrogen (secondary N) is 2. The van der Waals surface area contributed by atoms with Crippen molar-refractivity contribution in [3.05, 3.63) is 127 Å². The molecule has 4 aliphatic rings. The Bertz CT molecular complexity index is 2620. The lowest BCUT2D eigenvalue weighted by Gasteiger charge is -2.36. The molecular formula is C54H62N8O10S. The lowest BCUT2D eigenvalue weighted by Crippen LogP contribution is -2.59. The Hall–Kier alpha value is -6.77. The van der Waals surface area contributed by atoms with Crippen molar-refractivity contribution < 1.29 is 38.5 Å². The Balaban J connectivity index is 1.17. The molecule has 2 N–H and O–H groups in total. The van der Waals surface area contributed by atoms with E-state index in [1.165, 1.54) is 12.2 Å². The van der Waals surface area contributed by atoms with Crippen LogP contribution in [0, 0.1) is 20.2 Å². The van der Waals surface area contributed by atoms with Crippen LogP contribution in [0.1, 0.15) is 61.8 Å². The minimum atomic E-state index is -0.588. The van der Waals surface area contributed by atoms with Crippen LogP contribution in [0.25, 0.3) is 34.4 Å². The van der Waals surface area contributed by atoms with Crippen LogP contribution in [0.5, 0.6) is 0 Å². The monoisotopic (exact) mass is 1010 g/mol. The third-order valence-corrected chi connectivity index (χ3v) is 14.8. The van der Waals surface area contributed by atoms with Gasteiger partial charge in [-0.05, 0) is 69.5 Å². The zero-order valence-corrected chi connectivity index (χ0v) is 42.4. The first-order chi connectivity index (χ1) is 35.2. The number of benzene rings is 4. The van der Waals surface area contributed by atoms with E-state index in [0.717, 1.165) is 22.9 Å². The zero-order valence-electron chi connectivity index (χ0n) is 41.6. The molecule has 4 aliphatic heterocycles. The van der Waals surface area contributed by atoms with Crippen LogP contribution in [-0.2, 0) is 28.7 Å². The number of carbonyl (C=O) groups excluding carboxylic acids is 4. The lowest BCUT2D eigenvalue weighted by molar-refractivity contribution is -0.387. The van der Waals surface area contributed by atoms with Crippen molar-refractivity contribution in [1.82, 2.24) is 30.2 Å². The van der Waals surface area contributed by atoms with Crippen LogP contribution in [0.4, 0.5) is 11.4 Å². The molecule has 2 atom stereocenters. The van der Waals surface area contributed by atoms with Gasteiger partial charge in [-0.25, -0.2) is 0 Å². The molecule has 0 aliphatic carbocycles. The maximum Gasteiger partial charge on any atom is 0.291 e. The molecular weight excluding hydrogens is 953 g/mol. The van der Waals surface area contributed by atoms with Crippen molar-refractivity contribution in [2.45, 2.75) is 61.4 Å². The summed E-state index contributed by atoms with van der Waals surface area (Å²) in [5, 5.41) is 33.6. The number of nitro benzene ring substituents is 2. The van der Waals surface area contributed by atoms with E-state index in [1.54, 1.807) is 80.3 Å². The molecule has 384 valence electrons. The number of amides is 4. The molecule has 18 nitrogen and oxygen atoms in total. The maximum atomic E-state index is 13.9. The summed E-state index contributed by atoms with van der Waals surface area (Å²) in [5.74, 6) is -1.04. The molecule has 0 radical (unpaired) electrons. The van der Waals surface area contributed by atoms with Crippen molar-refractivity contribution in [2.75, 3.05) is 91.9 Å². The van der Waals surface area contributed by atoms with Crippen molar-refractivity contribution >= 4 is 58.9 Å². The van der Waals surface area contributed by atoms with E-state index < -0.39 is 21.9 Å². The van der Waals surface area contributed by atoms with Crippen LogP contribution in [-0.4, -0.2) is 157 Å². The van der Waals surface area contributed by atoms with Crippen LogP contribution < -0.4 is 10.6 Å². The molecule has 0 aromatic heterocycles. The van der Waals surface area contributed by atoms with Gasteiger partial charge in [-0.1, -0.05) is 100 Å². The predicted molar refractivity (Wildman–Crippen MR) is 279 cm³/mol. The second-order valence-corrected chi connectivity index (χ2v) is 20.1. The highest BCUT2D eigenvalue weighted by atomic mass is 32.2. The smallest absolute Gasteiger partial charge is 0.291 e. The summed E-state index contributed by atoms with van der Waals surface area (Å²) >= 11 is 0.901. The van der Waals surface area contributed by atoms with E-state index in [0.29, 0.717) is 101 Å². The Labute approximate surface area is 429 Å². The molecule has 4 heterocycles. The number of ether oxygens (including phenoxy) is 2. The topological polar surface area (TPSA) is 210 Å². The van der Waals surface area contributed by atoms with E-state index in [2.05, 4.69) is 10.6 Å². The van der Waals surface area contributed by atoms with Gasteiger partial charge in [-0.2, -0.15) is 0 Å². The fourth-order valence-electron chi connectivity index (χ4n) is 9.89. The molecule has 19 heteroatoms. The first kappa shape index (κ1) is 52.5. The molecule has 4 amide bonds. The van der Waals surface area contributed by atoms with E-state index in [1.807, 2.05) is 52.0 Å². The summed E-state index contributed by atoms with van der Waals surface area (Å²) in [5.41, 5.74) is 3.49. The Kier molecular flexibility index (Phi) is 17.2. The van der Waals surface area contributed by atoms with Gasteiger partial charge in [0.15, 0.2) is 0 Å². The summed E-state index contributed by atoms with van der Waals surface area (Å²) in [4.78, 5) is 87.6. The zero-order chi connectivity index (χ0) is 51.8. The largest absolute Gasteiger partial charge is 0.378 e. The van der Waals surface area contributed by atoms with Gasteiger partial charge < -0.3 is 39.7 Å². The van der Waals surface area contributed by atoms with E-state index >= 15 is 0 Å². The summed E-state index contributed by atoms with van der Waals surface area (Å²) in [6.45, 7) is 13.5. The van der Waals surface area contributed by atoms with Gasteiger partial charge in [0.25, 0.3) is 11.4 Å². The number of hydrogen-bond donors (Lipinski definition) is 2. The van der Waals surface area contributed by atoms with E-state index in [-0.39, 0.29) is 80.8 Å². The summed E-state index contributed by atoms with van der Waals surface area (Å²) < 4.78 is 10.8. The number of hydrogen-bond acceptors (Lipinski definition) is 13. The molecule has 4 fully saturated rings. The fourth-order valence-corrected chi connectivity index (χ4v) is 10.9. The number of carbonyl (C=O) groups is 4. The summed E-state index contributed by atoms with van der Waals surface area (Å²) in [7, 11) is 0. The molecule has 8 rings (SSSR count). The minimum Gasteiger partial charge on any atom is -0.378 e. The highest BCUT2D eigenvalue weighted by Crippen LogP contribution is 2.50. The van der Waals surface area contributed by atoms with Crippen LogP contribution in [0.15, 0.2) is 94.7 Å². The lowest BCUT2D eigenvalue weighted by atomic mass is 9.89. The molecule has 4 aromatic carbocycles. The molecule has 73 heavy (non-hydrogen) atoms. The van der Waals surface area contributed by atoms with Gasteiger partial charge in [-0.3, -0.25) is 39.4 Å². The van der Waals surface area contributed by atoms with Gasteiger partial charge in [-0.15, -0.1) is 0 Å². The van der Waals surface area contributed by atoms with Crippen LogP contribution >= 0.6 is 11.8 Å². The van der Waals surface area contributed by atoms with Crippen molar-refractivity contribution in [2.24, 2.45) is 0 Å². The van der Waals surface area contributed by atoms with Crippen LogP contribution in [0.2, 0.25) is 0 Å². The second kappa shape index (κ2) is 23.8. The Morgan fingerprint density at radius 1 is 0.575 bits per heavy atom. The first-order valence-corrected chi connectivity index (χ1v) is 25.7. The SMILES string of the molecule is CC(C)c1ccccc1-c1c(/C=C/C(=O)N2CCNC(C(=O)N3CCOCC3)C2)ccc(Sc2ccc(/C=C/C(=O)N3CCNC(C(=O)N4CCOCC4)C3)c(-c3ccccc3C(C)C)c2[N+](=O)[O-])c1[N+](=O)[O-]. The molecule has 4 saturated heterocycles. The Morgan fingerprint density at radius 2 is 0.959 bits per heavy atom. The van der Waals surface area contributed by atoms with Crippen molar-refractivity contribution in [3.8, 4) is 22.3 Å². The fraction of sp³-hybridized carbons (Fsp3) is 0.407. The molecule has 0 spiro atoms. The first-order valence-electron chi connectivity index (χ1n) is 24.8.